The van der Waals surface area contributed by atoms with Crippen LogP contribution in [0.4, 0.5) is 0 Å². The van der Waals surface area contributed by atoms with Crippen LogP contribution in [0.25, 0.3) is 16.9 Å². The van der Waals surface area contributed by atoms with Gasteiger partial charge in [-0.3, -0.25) is 0 Å². The van der Waals surface area contributed by atoms with E-state index in [4.69, 9.17) is 22.1 Å². The Morgan fingerprint density at radius 3 is 2.39 bits per heavy atom. The summed E-state index contributed by atoms with van der Waals surface area (Å²) in [6.45, 7) is 0.569. The van der Waals surface area contributed by atoms with Crippen molar-refractivity contribution >= 4 is 11.6 Å². The Labute approximate surface area is 140 Å². The van der Waals surface area contributed by atoms with E-state index in [1.54, 1.807) is 7.11 Å². The molecular weight excluding hydrogens is 310 g/mol. The van der Waals surface area contributed by atoms with Crippen LogP contribution in [0.2, 0.25) is 5.02 Å². The Bertz CT molecular complexity index is 779. The molecule has 5 heteroatoms. The van der Waals surface area contributed by atoms with E-state index < -0.39 is 0 Å². The average molecular weight is 328 g/mol. The number of halogens is 1. The van der Waals surface area contributed by atoms with Crippen molar-refractivity contribution in [2.75, 3.05) is 13.7 Å². The first-order valence-electron chi connectivity index (χ1n) is 7.40. The molecule has 4 nitrogen and oxygen atoms in total. The van der Waals surface area contributed by atoms with Crippen molar-refractivity contribution in [3.05, 3.63) is 65.3 Å². The van der Waals surface area contributed by atoms with Gasteiger partial charge in [-0.25, -0.2) is 4.68 Å². The lowest BCUT2D eigenvalue weighted by molar-refractivity contribution is 0.414. The zero-order chi connectivity index (χ0) is 16.2. The summed E-state index contributed by atoms with van der Waals surface area (Å²) in [5, 5.41) is 5.40. The predicted octanol–water partition coefficient (Wildman–Crippen LogP) is 3.70. The number of rotatable bonds is 5. The van der Waals surface area contributed by atoms with Gasteiger partial charge in [0.15, 0.2) is 0 Å². The van der Waals surface area contributed by atoms with Crippen LogP contribution in [0.5, 0.6) is 5.75 Å². The van der Waals surface area contributed by atoms with Crippen LogP contribution in [-0.4, -0.2) is 23.4 Å². The van der Waals surface area contributed by atoms with Crippen molar-refractivity contribution in [1.29, 1.82) is 0 Å². The topological polar surface area (TPSA) is 53.1 Å². The van der Waals surface area contributed by atoms with Gasteiger partial charge in [0.25, 0.3) is 0 Å². The van der Waals surface area contributed by atoms with E-state index in [9.17, 15) is 0 Å². The minimum Gasteiger partial charge on any atom is -0.497 e. The summed E-state index contributed by atoms with van der Waals surface area (Å²) >= 11 is 5.99. The van der Waals surface area contributed by atoms with Gasteiger partial charge >= 0.3 is 0 Å². The first-order chi connectivity index (χ1) is 11.2. The van der Waals surface area contributed by atoms with Crippen molar-refractivity contribution < 1.29 is 4.74 Å². The molecule has 0 spiro atoms. The molecule has 0 aliphatic rings. The van der Waals surface area contributed by atoms with Crippen molar-refractivity contribution in [3.63, 3.8) is 0 Å². The van der Waals surface area contributed by atoms with E-state index in [2.05, 4.69) is 11.2 Å². The molecule has 1 aromatic heterocycles. The van der Waals surface area contributed by atoms with Gasteiger partial charge in [0.2, 0.25) is 0 Å². The summed E-state index contributed by atoms with van der Waals surface area (Å²) in [5.41, 5.74) is 9.68. The van der Waals surface area contributed by atoms with Crippen molar-refractivity contribution in [2.45, 2.75) is 6.42 Å². The van der Waals surface area contributed by atoms with Crippen LogP contribution >= 0.6 is 11.6 Å². The van der Waals surface area contributed by atoms with Gasteiger partial charge < -0.3 is 10.5 Å². The van der Waals surface area contributed by atoms with E-state index >= 15 is 0 Å². The van der Waals surface area contributed by atoms with E-state index in [1.165, 1.54) is 0 Å². The van der Waals surface area contributed by atoms with Crippen LogP contribution in [0, 0.1) is 0 Å². The lowest BCUT2D eigenvalue weighted by atomic mass is 10.1. The predicted molar refractivity (Wildman–Crippen MR) is 93.3 cm³/mol. The normalized spacial score (nSPS) is 10.7. The van der Waals surface area contributed by atoms with Crippen molar-refractivity contribution in [1.82, 2.24) is 9.78 Å². The van der Waals surface area contributed by atoms with E-state index in [-0.39, 0.29) is 0 Å². The molecule has 3 aromatic rings. The number of nitrogens with two attached hydrogens (primary N) is 1. The first kappa shape index (κ1) is 15.6. The summed E-state index contributed by atoms with van der Waals surface area (Å²) in [5.74, 6) is 0.816. The molecule has 1 heterocycles. The van der Waals surface area contributed by atoms with E-state index in [0.29, 0.717) is 11.6 Å². The third-order valence-corrected chi connectivity index (χ3v) is 3.87. The molecule has 2 aromatic carbocycles. The molecule has 0 saturated heterocycles. The van der Waals surface area contributed by atoms with E-state index in [0.717, 1.165) is 34.8 Å². The molecule has 0 radical (unpaired) electrons. The third-order valence-electron chi connectivity index (χ3n) is 3.62. The van der Waals surface area contributed by atoms with Crippen LogP contribution in [0.1, 0.15) is 5.69 Å². The second-order valence-electron chi connectivity index (χ2n) is 5.18. The zero-order valence-corrected chi connectivity index (χ0v) is 13.6. The Hall–Kier alpha value is -2.30. The van der Waals surface area contributed by atoms with Crippen LogP contribution in [-0.2, 0) is 6.42 Å². The molecule has 0 saturated carbocycles. The summed E-state index contributed by atoms with van der Waals surface area (Å²) in [7, 11) is 1.65. The van der Waals surface area contributed by atoms with Crippen LogP contribution in [0.15, 0.2) is 54.6 Å². The minimum absolute atomic E-state index is 0.569. The molecular formula is C18H18ClN3O. The number of ether oxygens (including phenoxy) is 1. The molecule has 0 amide bonds. The number of benzene rings is 2. The van der Waals surface area contributed by atoms with E-state index in [1.807, 2.05) is 53.2 Å². The number of methoxy groups -OCH3 is 1. The maximum absolute atomic E-state index is 5.99. The average Bonchev–Trinajstić information content (AvgIpc) is 3.00. The highest BCUT2D eigenvalue weighted by atomic mass is 35.5. The number of hydrogen-bond acceptors (Lipinski definition) is 3. The maximum atomic E-state index is 5.99. The van der Waals surface area contributed by atoms with Gasteiger partial charge in [-0.15, -0.1) is 0 Å². The Morgan fingerprint density at radius 2 is 1.78 bits per heavy atom. The molecule has 0 aliphatic carbocycles. The second-order valence-corrected chi connectivity index (χ2v) is 5.61. The van der Waals surface area contributed by atoms with Crippen LogP contribution in [0.3, 0.4) is 0 Å². The Morgan fingerprint density at radius 1 is 1.09 bits per heavy atom. The quantitative estimate of drug-likeness (QED) is 0.777. The molecule has 2 N–H and O–H groups in total. The number of hydrogen-bond donors (Lipinski definition) is 1. The van der Waals surface area contributed by atoms with Gasteiger partial charge in [-0.2, -0.15) is 5.10 Å². The molecule has 118 valence electrons. The molecule has 23 heavy (non-hydrogen) atoms. The highest BCUT2D eigenvalue weighted by Gasteiger charge is 2.11. The Balaban J connectivity index is 2.08. The summed E-state index contributed by atoms with van der Waals surface area (Å²) in [6.07, 6.45) is 0.740. The van der Waals surface area contributed by atoms with Gasteiger partial charge in [0, 0.05) is 17.0 Å². The third kappa shape index (κ3) is 3.38. The largest absolute Gasteiger partial charge is 0.497 e. The molecule has 0 aliphatic heterocycles. The fourth-order valence-corrected chi connectivity index (χ4v) is 2.57. The smallest absolute Gasteiger partial charge is 0.119 e. The molecule has 0 unspecified atom stereocenters. The lowest BCUT2D eigenvalue weighted by Gasteiger charge is -2.08. The summed E-state index contributed by atoms with van der Waals surface area (Å²) < 4.78 is 7.14. The molecule has 0 atom stereocenters. The SMILES string of the molecule is COc1ccc(-n2nc(CCN)cc2-c2ccc(Cl)cc2)cc1. The minimum atomic E-state index is 0.569. The Kier molecular flexibility index (Phi) is 4.65. The zero-order valence-electron chi connectivity index (χ0n) is 12.9. The van der Waals surface area contributed by atoms with Crippen molar-refractivity contribution in [3.8, 4) is 22.7 Å². The second kappa shape index (κ2) is 6.86. The molecule has 0 fully saturated rings. The highest BCUT2D eigenvalue weighted by Crippen LogP contribution is 2.26. The summed E-state index contributed by atoms with van der Waals surface area (Å²) in [6, 6.07) is 17.6. The van der Waals surface area contributed by atoms with Gasteiger partial charge in [0.1, 0.15) is 5.75 Å². The van der Waals surface area contributed by atoms with Gasteiger partial charge in [-0.1, -0.05) is 23.7 Å². The standard InChI is InChI=1S/C18H18ClN3O/c1-23-17-8-6-16(7-9-17)22-18(12-15(21-22)10-11-20)13-2-4-14(19)5-3-13/h2-9,12H,10-11,20H2,1H3. The maximum Gasteiger partial charge on any atom is 0.119 e. The fourth-order valence-electron chi connectivity index (χ4n) is 2.45. The monoisotopic (exact) mass is 327 g/mol. The first-order valence-corrected chi connectivity index (χ1v) is 7.78. The summed E-state index contributed by atoms with van der Waals surface area (Å²) in [4.78, 5) is 0. The van der Waals surface area contributed by atoms with Crippen LogP contribution < -0.4 is 10.5 Å². The number of nitrogens with zero attached hydrogens (tertiary/aromatic N) is 2. The highest BCUT2D eigenvalue weighted by molar-refractivity contribution is 6.30. The van der Waals surface area contributed by atoms with Gasteiger partial charge in [0.05, 0.1) is 24.2 Å². The number of aromatic nitrogens is 2. The molecule has 0 bridgehead atoms. The van der Waals surface area contributed by atoms with Crippen molar-refractivity contribution in [2.24, 2.45) is 5.73 Å². The fraction of sp³-hybridized carbons (Fsp3) is 0.167. The molecule has 3 rings (SSSR count). The van der Waals surface area contributed by atoms with Gasteiger partial charge in [-0.05, 0) is 49.0 Å². The lowest BCUT2D eigenvalue weighted by Crippen LogP contribution is -2.04.